The number of furan rings is 1. The van der Waals surface area contributed by atoms with Crippen LogP contribution in [0.5, 0.6) is 0 Å². The van der Waals surface area contributed by atoms with Crippen molar-refractivity contribution in [2.45, 2.75) is 12.2 Å². The summed E-state index contributed by atoms with van der Waals surface area (Å²) in [7, 11) is 0. The Morgan fingerprint density at radius 2 is 1.38 bits per heavy atom. The molecule has 2 unspecified atom stereocenters. The van der Waals surface area contributed by atoms with E-state index in [1.54, 1.807) is 0 Å². The zero-order valence-electron chi connectivity index (χ0n) is 24.1. The van der Waals surface area contributed by atoms with Gasteiger partial charge in [0.25, 0.3) is 0 Å². The molecule has 10 aromatic rings. The summed E-state index contributed by atoms with van der Waals surface area (Å²) in [5, 5.41) is 5.93. The van der Waals surface area contributed by atoms with Crippen LogP contribution in [0.1, 0.15) is 17.8 Å². The summed E-state index contributed by atoms with van der Waals surface area (Å²) in [5.74, 6) is 0. The molecule has 2 atom stereocenters. The molecule has 5 aromatic carbocycles. The van der Waals surface area contributed by atoms with Crippen LogP contribution in [0.15, 0.2) is 144 Å². The summed E-state index contributed by atoms with van der Waals surface area (Å²) in [6.07, 6.45) is 6.10. The van der Waals surface area contributed by atoms with Crippen molar-refractivity contribution in [2.24, 2.45) is 0 Å². The molecule has 212 valence electrons. The second-order valence-electron chi connectivity index (χ2n) is 12.1. The number of pyridine rings is 1. The summed E-state index contributed by atoms with van der Waals surface area (Å²) in [4.78, 5) is 4.55. The highest BCUT2D eigenvalue weighted by Gasteiger charge is 2.45. The van der Waals surface area contributed by atoms with E-state index in [0.29, 0.717) is 0 Å². The van der Waals surface area contributed by atoms with Crippen LogP contribution < -0.4 is 0 Å². The molecule has 1 aliphatic heterocycles. The highest BCUT2D eigenvalue weighted by Crippen LogP contribution is 2.51. The monoisotopic (exact) mass is 579 g/mol. The molecule has 1 aliphatic rings. The number of benzene rings is 5. The van der Waals surface area contributed by atoms with E-state index in [9.17, 15) is 0 Å². The van der Waals surface area contributed by atoms with Crippen LogP contribution in [-0.2, 0) is 0 Å². The Morgan fingerprint density at radius 3 is 2.24 bits per heavy atom. The zero-order chi connectivity index (χ0) is 29.2. The normalized spacial score (nSPS) is 16.4. The molecule has 45 heavy (non-hydrogen) atoms. The Labute approximate surface area is 256 Å². The minimum absolute atomic E-state index is 0.0189. The lowest BCUT2D eigenvalue weighted by atomic mass is 9.98. The SMILES string of the molecule is c1ccc(-n2ccc3c2ccc2c4cc5oc6ccccc6c5cc4n(C4C(c5cccnc5)n5c6ccccc6n54)c23)cc1. The third-order valence-electron chi connectivity index (χ3n) is 9.86. The molecule has 0 amide bonds. The van der Waals surface area contributed by atoms with Crippen LogP contribution >= 0.6 is 0 Å². The van der Waals surface area contributed by atoms with Gasteiger partial charge in [-0.2, -0.15) is 0 Å². The second-order valence-corrected chi connectivity index (χ2v) is 12.1. The molecule has 0 radical (unpaired) electrons. The van der Waals surface area contributed by atoms with E-state index in [-0.39, 0.29) is 12.2 Å². The van der Waals surface area contributed by atoms with E-state index >= 15 is 0 Å². The predicted octanol–water partition coefficient (Wildman–Crippen LogP) is 9.44. The minimum atomic E-state index is 0.0189. The molecule has 6 heterocycles. The van der Waals surface area contributed by atoms with Gasteiger partial charge < -0.3 is 13.6 Å². The Morgan fingerprint density at radius 1 is 0.556 bits per heavy atom. The fraction of sp³-hybridized carbons (Fsp3) is 0.0513. The first-order chi connectivity index (χ1) is 22.3. The van der Waals surface area contributed by atoms with E-state index < -0.39 is 0 Å². The van der Waals surface area contributed by atoms with Gasteiger partial charge in [0.15, 0.2) is 6.17 Å². The van der Waals surface area contributed by atoms with Gasteiger partial charge in [0.05, 0.1) is 27.6 Å². The first kappa shape index (κ1) is 23.4. The molecule has 0 bridgehead atoms. The van der Waals surface area contributed by atoms with Crippen molar-refractivity contribution < 1.29 is 4.42 Å². The van der Waals surface area contributed by atoms with Crippen LogP contribution in [0.25, 0.3) is 71.4 Å². The molecule has 11 rings (SSSR count). The van der Waals surface area contributed by atoms with Gasteiger partial charge in [0.1, 0.15) is 17.2 Å². The maximum atomic E-state index is 6.41. The largest absolute Gasteiger partial charge is 0.456 e. The smallest absolute Gasteiger partial charge is 0.152 e. The van der Waals surface area contributed by atoms with Crippen molar-refractivity contribution in [1.82, 2.24) is 23.5 Å². The molecule has 0 saturated carbocycles. The number of para-hydroxylation sites is 4. The van der Waals surface area contributed by atoms with Crippen molar-refractivity contribution >= 4 is 65.7 Å². The summed E-state index contributed by atoms with van der Waals surface area (Å²) < 4.78 is 16.2. The van der Waals surface area contributed by atoms with Gasteiger partial charge >= 0.3 is 0 Å². The van der Waals surface area contributed by atoms with Crippen LogP contribution in [0.4, 0.5) is 0 Å². The Bertz CT molecular complexity index is 2770. The molecule has 0 fully saturated rings. The lowest BCUT2D eigenvalue weighted by Crippen LogP contribution is -2.49. The Balaban J connectivity index is 1.29. The fourth-order valence-corrected chi connectivity index (χ4v) is 7.96. The molecule has 0 saturated heterocycles. The van der Waals surface area contributed by atoms with E-state index in [2.05, 4.69) is 139 Å². The summed E-state index contributed by atoms with van der Waals surface area (Å²) in [6.45, 7) is 0. The topological polar surface area (TPSA) is 45.8 Å². The van der Waals surface area contributed by atoms with Crippen LogP contribution in [0, 0.1) is 0 Å². The number of nitrogens with zero attached hydrogens (tertiary/aromatic N) is 5. The molecule has 0 spiro atoms. The third kappa shape index (κ3) is 2.91. The highest BCUT2D eigenvalue weighted by atomic mass is 16.3. The zero-order valence-corrected chi connectivity index (χ0v) is 24.1. The maximum absolute atomic E-state index is 6.41. The lowest BCUT2D eigenvalue weighted by Gasteiger charge is -2.50. The number of fused-ring (bicyclic) bond motifs is 12. The predicted molar refractivity (Wildman–Crippen MR) is 180 cm³/mol. The minimum Gasteiger partial charge on any atom is -0.456 e. The first-order valence-electron chi connectivity index (χ1n) is 15.4. The standard InChI is InChI=1S/C39H25N5O/c1-2-10-25(11-3-1)41-20-18-28-31(41)17-16-27-29-22-36-30(26-12-4-7-15-35(26)45-36)21-34(29)42(38(27)28)39-37(24-9-8-19-40-23-24)43-32-13-5-6-14-33(32)44(39)43/h1-23,37,39H. The molecular formula is C39H25N5O. The van der Waals surface area contributed by atoms with E-state index in [0.717, 1.165) is 27.6 Å². The van der Waals surface area contributed by atoms with Crippen LogP contribution in [0.3, 0.4) is 0 Å². The molecule has 5 aromatic heterocycles. The highest BCUT2D eigenvalue weighted by molar-refractivity contribution is 6.21. The second kappa shape index (κ2) is 8.33. The van der Waals surface area contributed by atoms with Gasteiger partial charge in [-0.05, 0) is 66.2 Å². The average Bonchev–Trinajstić information content (AvgIpc) is 3.76. The molecule has 0 N–H and O–H groups in total. The summed E-state index contributed by atoms with van der Waals surface area (Å²) in [6, 6.07) is 43.4. The Kier molecular flexibility index (Phi) is 4.34. The van der Waals surface area contributed by atoms with Crippen LogP contribution in [0.2, 0.25) is 0 Å². The number of aromatic nitrogens is 5. The number of rotatable bonds is 3. The van der Waals surface area contributed by atoms with Gasteiger partial charge in [-0.3, -0.25) is 14.3 Å². The van der Waals surface area contributed by atoms with E-state index in [4.69, 9.17) is 4.42 Å². The molecule has 6 heteroatoms. The van der Waals surface area contributed by atoms with Crippen molar-refractivity contribution in [3.05, 3.63) is 145 Å². The van der Waals surface area contributed by atoms with Gasteiger partial charge in [-0.25, -0.2) is 0 Å². The summed E-state index contributed by atoms with van der Waals surface area (Å²) in [5.41, 5.74) is 10.3. The summed E-state index contributed by atoms with van der Waals surface area (Å²) >= 11 is 0. The van der Waals surface area contributed by atoms with E-state index in [1.165, 1.54) is 49.3 Å². The van der Waals surface area contributed by atoms with Gasteiger partial charge in [0.2, 0.25) is 0 Å². The quantitative estimate of drug-likeness (QED) is 0.209. The first-order valence-corrected chi connectivity index (χ1v) is 15.4. The number of hydrogen-bond acceptors (Lipinski definition) is 2. The maximum Gasteiger partial charge on any atom is 0.152 e. The van der Waals surface area contributed by atoms with Crippen molar-refractivity contribution in [1.29, 1.82) is 0 Å². The van der Waals surface area contributed by atoms with Crippen molar-refractivity contribution in [3.8, 4) is 5.69 Å². The lowest BCUT2D eigenvalue weighted by molar-refractivity contribution is 0.145. The molecule has 0 aliphatic carbocycles. The molecular weight excluding hydrogens is 554 g/mol. The fourth-order valence-electron chi connectivity index (χ4n) is 7.96. The van der Waals surface area contributed by atoms with Gasteiger partial charge in [-0.1, -0.05) is 60.7 Å². The number of hydrogen-bond donors (Lipinski definition) is 0. The van der Waals surface area contributed by atoms with E-state index in [1.807, 2.05) is 24.5 Å². The van der Waals surface area contributed by atoms with Gasteiger partial charge in [0, 0.05) is 51.2 Å². The molecule has 6 nitrogen and oxygen atoms in total. The third-order valence-corrected chi connectivity index (χ3v) is 9.86. The average molecular weight is 580 g/mol. The van der Waals surface area contributed by atoms with Gasteiger partial charge in [-0.15, -0.1) is 0 Å². The van der Waals surface area contributed by atoms with Crippen LogP contribution in [-0.4, -0.2) is 23.5 Å². The Hall–Kier alpha value is -6.01. The van der Waals surface area contributed by atoms with Crippen molar-refractivity contribution in [2.75, 3.05) is 0 Å². The van der Waals surface area contributed by atoms with Crippen molar-refractivity contribution in [3.63, 3.8) is 0 Å².